The van der Waals surface area contributed by atoms with E-state index in [1.54, 1.807) is 37.6 Å². The predicted octanol–water partition coefficient (Wildman–Crippen LogP) is 6.36. The number of ketones is 1. The van der Waals surface area contributed by atoms with Crippen LogP contribution in [0.25, 0.3) is 33.6 Å². The van der Waals surface area contributed by atoms with Gasteiger partial charge in [-0.05, 0) is 61.4 Å². The topological polar surface area (TPSA) is 85.1 Å². The molecule has 1 saturated carbocycles. The molecule has 1 amide bonds. The summed E-state index contributed by atoms with van der Waals surface area (Å²) in [6, 6.07) is 20.8. The van der Waals surface area contributed by atoms with Crippen LogP contribution in [0.3, 0.4) is 0 Å². The van der Waals surface area contributed by atoms with Crippen molar-refractivity contribution >= 4 is 22.7 Å². The molecule has 6 nitrogen and oxygen atoms in total. The summed E-state index contributed by atoms with van der Waals surface area (Å²) in [5.41, 5.74) is 4.12. The molecule has 0 atom stereocenters. The summed E-state index contributed by atoms with van der Waals surface area (Å²) in [6.45, 7) is 0. The molecule has 3 aromatic heterocycles. The Morgan fingerprint density at radius 1 is 0.974 bits per heavy atom. The van der Waals surface area contributed by atoms with Crippen molar-refractivity contribution in [3.63, 3.8) is 0 Å². The van der Waals surface area contributed by atoms with E-state index in [1.807, 2.05) is 42.5 Å². The number of pyridine rings is 2. The summed E-state index contributed by atoms with van der Waals surface area (Å²) in [5.74, 6) is -0.304. The van der Waals surface area contributed by atoms with Crippen LogP contribution in [-0.4, -0.2) is 28.7 Å². The van der Waals surface area contributed by atoms with Gasteiger partial charge in [-0.25, -0.2) is 4.39 Å². The van der Waals surface area contributed by atoms with Crippen LogP contribution < -0.4 is 5.32 Å². The van der Waals surface area contributed by atoms with Gasteiger partial charge in [-0.15, -0.1) is 0 Å². The standard InChI is InChI=1S/C31H24FN3O3/c1-33-30(37)28-23-16-24(35-18-26(23)38-29(28)19-8-10-22(32)11-9-19)20-5-4-6-21(15-20)25(36)17-31(12-13-31)27-7-2-3-14-34-27/h2-11,14-16,18H,12-13,17H2,1H3,(H,33,37). The number of rotatable bonds is 7. The van der Waals surface area contributed by atoms with Crippen molar-refractivity contribution in [2.45, 2.75) is 24.7 Å². The Hall–Kier alpha value is -4.65. The first kappa shape index (κ1) is 23.7. The number of hydrogen-bond donors (Lipinski definition) is 1. The SMILES string of the molecule is CNC(=O)c1c(-c2ccc(F)cc2)oc2cnc(-c3cccc(C(=O)CC4(c5ccccn5)CC4)c3)cc12. The van der Waals surface area contributed by atoms with Gasteiger partial charge in [-0.3, -0.25) is 19.6 Å². The molecule has 1 aliphatic rings. The van der Waals surface area contributed by atoms with Crippen molar-refractivity contribution in [2.24, 2.45) is 0 Å². The molecule has 2 aromatic carbocycles. The zero-order valence-corrected chi connectivity index (χ0v) is 20.7. The molecule has 188 valence electrons. The first-order chi connectivity index (χ1) is 18.5. The van der Waals surface area contributed by atoms with E-state index in [0.29, 0.717) is 45.5 Å². The van der Waals surface area contributed by atoms with Crippen molar-refractivity contribution in [1.29, 1.82) is 0 Å². The number of Topliss-reactive ketones (excluding diaryl/α,β-unsaturated/α-hetero) is 1. The number of halogens is 1. The van der Waals surface area contributed by atoms with Gasteiger partial charge >= 0.3 is 0 Å². The van der Waals surface area contributed by atoms with E-state index in [-0.39, 0.29) is 22.9 Å². The third-order valence-corrected chi connectivity index (χ3v) is 7.18. The normalized spacial score (nSPS) is 13.8. The zero-order valence-electron chi connectivity index (χ0n) is 20.7. The number of nitrogens with one attached hydrogen (secondary N) is 1. The van der Waals surface area contributed by atoms with Crippen LogP contribution in [0.1, 0.15) is 45.7 Å². The first-order valence-corrected chi connectivity index (χ1v) is 12.4. The minimum Gasteiger partial charge on any atom is -0.454 e. The lowest BCUT2D eigenvalue weighted by Crippen LogP contribution is -2.18. The maximum absolute atomic E-state index is 13.5. The third-order valence-electron chi connectivity index (χ3n) is 7.18. The second-order valence-corrected chi connectivity index (χ2v) is 9.63. The highest BCUT2D eigenvalue weighted by molar-refractivity contribution is 6.11. The van der Waals surface area contributed by atoms with Gasteiger partial charge in [-0.2, -0.15) is 0 Å². The number of fused-ring (bicyclic) bond motifs is 1. The van der Waals surface area contributed by atoms with E-state index in [1.165, 1.54) is 12.1 Å². The third kappa shape index (κ3) is 4.26. The largest absolute Gasteiger partial charge is 0.454 e. The van der Waals surface area contributed by atoms with Crippen molar-refractivity contribution in [1.82, 2.24) is 15.3 Å². The average Bonchev–Trinajstić information content (AvgIpc) is 3.64. The van der Waals surface area contributed by atoms with Crippen LogP contribution in [0.4, 0.5) is 4.39 Å². The van der Waals surface area contributed by atoms with E-state index in [4.69, 9.17) is 4.42 Å². The van der Waals surface area contributed by atoms with Gasteiger partial charge in [-0.1, -0.05) is 24.3 Å². The summed E-state index contributed by atoms with van der Waals surface area (Å²) < 4.78 is 19.5. The lowest BCUT2D eigenvalue weighted by atomic mass is 9.91. The van der Waals surface area contributed by atoms with Gasteiger partial charge in [0, 0.05) is 52.9 Å². The molecule has 0 bridgehead atoms. The fourth-order valence-corrected chi connectivity index (χ4v) is 4.93. The average molecular weight is 506 g/mol. The van der Waals surface area contributed by atoms with Gasteiger partial charge in [0.2, 0.25) is 0 Å². The van der Waals surface area contributed by atoms with Gasteiger partial charge in [0.15, 0.2) is 11.4 Å². The molecule has 7 heteroatoms. The van der Waals surface area contributed by atoms with Gasteiger partial charge in [0.1, 0.15) is 11.6 Å². The Labute approximate surface area is 218 Å². The van der Waals surface area contributed by atoms with Crippen molar-refractivity contribution in [3.8, 4) is 22.6 Å². The maximum atomic E-state index is 13.5. The molecule has 0 spiro atoms. The molecule has 0 radical (unpaired) electrons. The van der Waals surface area contributed by atoms with Crippen LogP contribution in [0.2, 0.25) is 0 Å². The number of furan rings is 1. The van der Waals surface area contributed by atoms with Crippen molar-refractivity contribution in [3.05, 3.63) is 108 Å². The van der Waals surface area contributed by atoms with E-state index in [9.17, 15) is 14.0 Å². The van der Waals surface area contributed by atoms with Crippen LogP contribution >= 0.6 is 0 Å². The Bertz CT molecular complexity index is 1670. The van der Waals surface area contributed by atoms with Gasteiger partial charge < -0.3 is 9.73 Å². The number of carbonyl (C=O) groups excluding carboxylic acids is 2. The Kier molecular flexibility index (Phi) is 5.83. The minimum atomic E-state index is -0.377. The quantitative estimate of drug-likeness (QED) is 0.260. The zero-order chi connectivity index (χ0) is 26.3. The lowest BCUT2D eigenvalue weighted by Gasteiger charge is -2.14. The molecule has 1 N–H and O–H groups in total. The molecule has 3 heterocycles. The number of hydrogen-bond acceptors (Lipinski definition) is 5. The Morgan fingerprint density at radius 3 is 2.50 bits per heavy atom. The van der Waals surface area contributed by atoms with Gasteiger partial charge in [0.25, 0.3) is 5.91 Å². The number of carbonyl (C=O) groups is 2. The predicted molar refractivity (Wildman–Crippen MR) is 142 cm³/mol. The molecule has 1 aliphatic carbocycles. The highest BCUT2D eigenvalue weighted by Crippen LogP contribution is 2.50. The van der Waals surface area contributed by atoms with Crippen molar-refractivity contribution in [2.75, 3.05) is 7.05 Å². The van der Waals surface area contributed by atoms with Crippen LogP contribution in [0.15, 0.2) is 89.6 Å². The fraction of sp³-hybridized carbons (Fsp3) is 0.161. The smallest absolute Gasteiger partial charge is 0.255 e. The first-order valence-electron chi connectivity index (χ1n) is 12.4. The number of aromatic nitrogens is 2. The summed E-state index contributed by atoms with van der Waals surface area (Å²) in [7, 11) is 1.55. The molecule has 0 unspecified atom stereocenters. The lowest BCUT2D eigenvalue weighted by molar-refractivity contribution is 0.0958. The molecule has 0 saturated heterocycles. The molecular formula is C31H24FN3O3. The molecular weight excluding hydrogens is 481 g/mol. The molecule has 38 heavy (non-hydrogen) atoms. The molecule has 1 fully saturated rings. The Morgan fingerprint density at radius 2 is 1.79 bits per heavy atom. The summed E-state index contributed by atoms with van der Waals surface area (Å²) in [5, 5.41) is 3.24. The summed E-state index contributed by atoms with van der Waals surface area (Å²) in [4.78, 5) is 35.2. The van der Waals surface area contributed by atoms with E-state index in [0.717, 1.165) is 24.1 Å². The van der Waals surface area contributed by atoms with Crippen molar-refractivity contribution < 1.29 is 18.4 Å². The molecule has 5 aromatic rings. The van der Waals surface area contributed by atoms with E-state index < -0.39 is 0 Å². The monoisotopic (exact) mass is 505 g/mol. The Balaban J connectivity index is 1.35. The molecule has 0 aliphatic heterocycles. The van der Waals surface area contributed by atoms with Gasteiger partial charge in [0.05, 0.1) is 17.5 Å². The summed E-state index contributed by atoms with van der Waals surface area (Å²) >= 11 is 0. The molecule has 6 rings (SSSR count). The minimum absolute atomic E-state index is 0.0593. The second-order valence-electron chi connectivity index (χ2n) is 9.63. The number of amides is 1. The maximum Gasteiger partial charge on any atom is 0.255 e. The second kappa shape index (κ2) is 9.34. The van der Waals surface area contributed by atoms with E-state index >= 15 is 0 Å². The van der Waals surface area contributed by atoms with Crippen LogP contribution in [-0.2, 0) is 5.41 Å². The van der Waals surface area contributed by atoms with Crippen LogP contribution in [0.5, 0.6) is 0 Å². The highest BCUT2D eigenvalue weighted by atomic mass is 19.1. The number of benzene rings is 2. The highest BCUT2D eigenvalue weighted by Gasteiger charge is 2.47. The van der Waals surface area contributed by atoms with Crippen LogP contribution in [0, 0.1) is 5.82 Å². The number of nitrogens with zero attached hydrogens (tertiary/aromatic N) is 2. The summed E-state index contributed by atoms with van der Waals surface area (Å²) in [6.07, 6.45) is 5.65. The van der Waals surface area contributed by atoms with E-state index in [2.05, 4.69) is 15.3 Å². The fourth-order valence-electron chi connectivity index (χ4n) is 4.93.